The molecule has 0 aliphatic heterocycles. The lowest BCUT2D eigenvalue weighted by Gasteiger charge is -2.09. The quantitative estimate of drug-likeness (QED) is 0.884. The summed E-state index contributed by atoms with van der Waals surface area (Å²) in [6.45, 7) is -0.0796. The molecular formula is C13H15N3O3. The van der Waals surface area contributed by atoms with Crippen LogP contribution in [-0.4, -0.2) is 29.4 Å². The Balaban J connectivity index is 1.90. The number of hydrogen-bond acceptors (Lipinski definition) is 4. The fourth-order valence-electron chi connectivity index (χ4n) is 1.56. The van der Waals surface area contributed by atoms with Gasteiger partial charge in [0.05, 0.1) is 25.2 Å². The minimum absolute atomic E-state index is 0.0796. The van der Waals surface area contributed by atoms with Gasteiger partial charge in [-0.15, -0.1) is 0 Å². The zero-order valence-corrected chi connectivity index (χ0v) is 10.8. The summed E-state index contributed by atoms with van der Waals surface area (Å²) in [5.74, 6) is 0.906. The molecule has 6 heteroatoms. The number of anilines is 1. The molecule has 0 radical (unpaired) electrons. The molecule has 0 unspecified atom stereocenters. The van der Waals surface area contributed by atoms with E-state index in [4.69, 9.17) is 9.47 Å². The zero-order valence-electron chi connectivity index (χ0n) is 10.8. The van der Waals surface area contributed by atoms with Gasteiger partial charge in [-0.3, -0.25) is 9.48 Å². The van der Waals surface area contributed by atoms with Crippen molar-refractivity contribution in [1.82, 2.24) is 9.78 Å². The lowest BCUT2D eigenvalue weighted by atomic mass is 10.3. The van der Waals surface area contributed by atoms with Crippen LogP contribution >= 0.6 is 0 Å². The highest BCUT2D eigenvalue weighted by Crippen LogP contribution is 2.22. The van der Waals surface area contributed by atoms with Crippen LogP contribution in [0.3, 0.4) is 0 Å². The number of nitrogens with zero attached hydrogens (tertiary/aromatic N) is 2. The van der Waals surface area contributed by atoms with Crippen molar-refractivity contribution in [3.05, 3.63) is 36.7 Å². The summed E-state index contributed by atoms with van der Waals surface area (Å²) in [4.78, 5) is 11.7. The number of hydrogen-bond donors (Lipinski definition) is 1. The minimum atomic E-state index is -0.256. The minimum Gasteiger partial charge on any atom is -0.495 e. The third kappa shape index (κ3) is 3.48. The number of aryl methyl sites for hydroxylation is 1. The summed E-state index contributed by atoms with van der Waals surface area (Å²) in [6, 6.07) is 7.19. The molecule has 2 aromatic rings. The van der Waals surface area contributed by atoms with Gasteiger partial charge >= 0.3 is 0 Å². The lowest BCUT2D eigenvalue weighted by Crippen LogP contribution is -2.20. The van der Waals surface area contributed by atoms with E-state index in [1.807, 2.05) is 12.1 Å². The second-order valence-electron chi connectivity index (χ2n) is 3.89. The van der Waals surface area contributed by atoms with Gasteiger partial charge in [0.25, 0.3) is 5.91 Å². The molecule has 0 saturated heterocycles. The van der Waals surface area contributed by atoms with Gasteiger partial charge in [0.15, 0.2) is 12.4 Å². The van der Waals surface area contributed by atoms with E-state index in [2.05, 4.69) is 10.4 Å². The Labute approximate surface area is 110 Å². The highest BCUT2D eigenvalue weighted by atomic mass is 16.5. The first kappa shape index (κ1) is 12.9. The number of rotatable bonds is 5. The average Bonchev–Trinajstić information content (AvgIpc) is 2.83. The Morgan fingerprint density at radius 3 is 2.89 bits per heavy atom. The number of ether oxygens (including phenoxy) is 2. The van der Waals surface area contributed by atoms with Gasteiger partial charge in [-0.25, -0.2) is 0 Å². The summed E-state index contributed by atoms with van der Waals surface area (Å²) < 4.78 is 12.0. The number of para-hydroxylation sites is 2. The van der Waals surface area contributed by atoms with Gasteiger partial charge in [-0.05, 0) is 12.1 Å². The molecule has 0 aliphatic carbocycles. The molecule has 1 N–H and O–H groups in total. The van der Waals surface area contributed by atoms with Crippen LogP contribution in [0.2, 0.25) is 0 Å². The molecule has 19 heavy (non-hydrogen) atoms. The van der Waals surface area contributed by atoms with E-state index in [0.717, 1.165) is 0 Å². The number of benzene rings is 1. The van der Waals surface area contributed by atoms with Crippen LogP contribution < -0.4 is 14.8 Å². The molecule has 1 heterocycles. The lowest BCUT2D eigenvalue weighted by molar-refractivity contribution is -0.118. The van der Waals surface area contributed by atoms with Crippen molar-refractivity contribution in [2.75, 3.05) is 19.0 Å². The molecule has 0 spiro atoms. The van der Waals surface area contributed by atoms with Crippen molar-refractivity contribution in [2.24, 2.45) is 7.05 Å². The number of amides is 1. The SMILES string of the molecule is COc1ccccc1NC(=O)COc1cnn(C)c1. The third-order valence-electron chi connectivity index (χ3n) is 2.43. The smallest absolute Gasteiger partial charge is 0.262 e. The zero-order chi connectivity index (χ0) is 13.7. The van der Waals surface area contributed by atoms with Gasteiger partial charge in [0.2, 0.25) is 0 Å². The highest BCUT2D eigenvalue weighted by molar-refractivity contribution is 5.93. The molecule has 0 aliphatic rings. The van der Waals surface area contributed by atoms with Crippen molar-refractivity contribution in [3.8, 4) is 11.5 Å². The van der Waals surface area contributed by atoms with E-state index in [9.17, 15) is 4.79 Å². The Bertz CT molecular complexity index is 566. The number of aromatic nitrogens is 2. The molecule has 2 rings (SSSR count). The van der Waals surface area contributed by atoms with Crippen molar-refractivity contribution in [1.29, 1.82) is 0 Å². The van der Waals surface area contributed by atoms with Crippen LogP contribution in [0.25, 0.3) is 0 Å². The van der Waals surface area contributed by atoms with Crippen LogP contribution in [-0.2, 0) is 11.8 Å². The Morgan fingerprint density at radius 2 is 2.21 bits per heavy atom. The summed E-state index contributed by atoms with van der Waals surface area (Å²) in [5, 5.41) is 6.67. The predicted molar refractivity (Wildman–Crippen MR) is 70.3 cm³/mol. The normalized spacial score (nSPS) is 10.0. The average molecular weight is 261 g/mol. The van der Waals surface area contributed by atoms with Crippen LogP contribution in [0.4, 0.5) is 5.69 Å². The topological polar surface area (TPSA) is 65.4 Å². The van der Waals surface area contributed by atoms with E-state index < -0.39 is 0 Å². The number of nitrogens with one attached hydrogen (secondary N) is 1. The molecule has 0 saturated carbocycles. The first-order valence-corrected chi connectivity index (χ1v) is 5.73. The van der Waals surface area contributed by atoms with Crippen molar-refractivity contribution >= 4 is 11.6 Å². The van der Waals surface area contributed by atoms with Gasteiger partial charge in [-0.2, -0.15) is 5.10 Å². The summed E-state index contributed by atoms with van der Waals surface area (Å²) in [7, 11) is 3.33. The number of carbonyl (C=O) groups excluding carboxylic acids is 1. The molecule has 1 aromatic heterocycles. The Kier molecular flexibility index (Phi) is 4.02. The standard InChI is InChI=1S/C13H15N3O3/c1-16-8-10(7-14-16)19-9-13(17)15-11-5-3-4-6-12(11)18-2/h3-8H,9H2,1-2H3,(H,15,17). The Hall–Kier alpha value is -2.50. The molecule has 1 amide bonds. The van der Waals surface area contributed by atoms with Gasteiger partial charge in [0.1, 0.15) is 5.75 Å². The highest BCUT2D eigenvalue weighted by Gasteiger charge is 2.08. The van der Waals surface area contributed by atoms with Crippen LogP contribution in [0.1, 0.15) is 0 Å². The maximum Gasteiger partial charge on any atom is 0.262 e. The van der Waals surface area contributed by atoms with E-state index in [1.165, 1.54) is 0 Å². The fourth-order valence-corrected chi connectivity index (χ4v) is 1.56. The monoisotopic (exact) mass is 261 g/mol. The third-order valence-corrected chi connectivity index (χ3v) is 2.43. The fraction of sp³-hybridized carbons (Fsp3) is 0.231. The van der Waals surface area contributed by atoms with Gasteiger partial charge < -0.3 is 14.8 Å². The van der Waals surface area contributed by atoms with E-state index >= 15 is 0 Å². The summed E-state index contributed by atoms with van der Waals surface area (Å²) >= 11 is 0. The first-order valence-electron chi connectivity index (χ1n) is 5.73. The number of methoxy groups -OCH3 is 1. The summed E-state index contributed by atoms with van der Waals surface area (Å²) in [6.07, 6.45) is 3.24. The maximum absolute atomic E-state index is 11.7. The van der Waals surface area contributed by atoms with E-state index in [-0.39, 0.29) is 12.5 Å². The molecule has 0 fully saturated rings. The van der Waals surface area contributed by atoms with Crippen LogP contribution in [0.5, 0.6) is 11.5 Å². The molecular weight excluding hydrogens is 246 g/mol. The molecule has 6 nitrogen and oxygen atoms in total. The second kappa shape index (κ2) is 5.90. The largest absolute Gasteiger partial charge is 0.495 e. The molecule has 0 bridgehead atoms. The maximum atomic E-state index is 11.7. The van der Waals surface area contributed by atoms with E-state index in [0.29, 0.717) is 17.2 Å². The van der Waals surface area contributed by atoms with Crippen LogP contribution in [0.15, 0.2) is 36.7 Å². The molecule has 1 aromatic carbocycles. The van der Waals surface area contributed by atoms with Gasteiger partial charge in [0, 0.05) is 7.05 Å². The van der Waals surface area contributed by atoms with Gasteiger partial charge in [-0.1, -0.05) is 12.1 Å². The predicted octanol–water partition coefficient (Wildman–Crippen LogP) is 1.45. The summed E-state index contributed by atoms with van der Waals surface area (Å²) in [5.41, 5.74) is 0.616. The molecule has 100 valence electrons. The van der Waals surface area contributed by atoms with Crippen molar-refractivity contribution in [3.63, 3.8) is 0 Å². The number of carbonyl (C=O) groups is 1. The molecule has 0 atom stereocenters. The second-order valence-corrected chi connectivity index (χ2v) is 3.89. The van der Waals surface area contributed by atoms with Crippen molar-refractivity contribution < 1.29 is 14.3 Å². The Morgan fingerprint density at radius 1 is 1.42 bits per heavy atom. The van der Waals surface area contributed by atoms with E-state index in [1.54, 1.807) is 43.4 Å². The van der Waals surface area contributed by atoms with Crippen LogP contribution in [0, 0.1) is 0 Å². The van der Waals surface area contributed by atoms with Crippen molar-refractivity contribution in [2.45, 2.75) is 0 Å². The first-order chi connectivity index (χ1) is 9.19.